The Labute approximate surface area is 201 Å². The summed E-state index contributed by atoms with van der Waals surface area (Å²) in [5.41, 5.74) is 1.58. The van der Waals surface area contributed by atoms with E-state index >= 15 is 0 Å². The highest BCUT2D eigenvalue weighted by atomic mass is 16.5. The van der Waals surface area contributed by atoms with Crippen molar-refractivity contribution < 1.29 is 23.8 Å². The number of ether oxygens (including phenoxy) is 3. The number of methoxy groups -OCH3 is 1. The maximum Gasteiger partial charge on any atom is 0.408 e. The van der Waals surface area contributed by atoms with Gasteiger partial charge in [0.15, 0.2) is 11.5 Å². The number of amides is 2. The molecular weight excluding hydrogens is 434 g/mol. The minimum absolute atomic E-state index is 0.118. The first-order chi connectivity index (χ1) is 16.3. The molecule has 1 aliphatic rings. The lowest BCUT2D eigenvalue weighted by Gasteiger charge is -2.33. The summed E-state index contributed by atoms with van der Waals surface area (Å²) in [6, 6.07) is 13.2. The Morgan fingerprint density at radius 2 is 1.76 bits per heavy atom. The third-order valence-corrected chi connectivity index (χ3v) is 5.88. The van der Waals surface area contributed by atoms with Gasteiger partial charge in [0, 0.05) is 19.2 Å². The standard InChI is InChI=1S/C26H35N3O5/c1-5-33-25(31)29-26(3,27-17-19-10-13-21(14-11-19)28-18(2)30)20-12-15-23(32-4)24(16-20)34-22-8-6-7-9-22/h10-16,22,27H,5-9,17H2,1-4H3,(H,28,30)(H,29,31). The van der Waals surface area contributed by atoms with Crippen LogP contribution in [0.2, 0.25) is 0 Å². The molecule has 1 atom stereocenters. The van der Waals surface area contributed by atoms with Gasteiger partial charge in [-0.2, -0.15) is 0 Å². The third-order valence-electron chi connectivity index (χ3n) is 5.88. The van der Waals surface area contributed by atoms with Crippen LogP contribution in [0.15, 0.2) is 42.5 Å². The molecule has 0 aliphatic heterocycles. The van der Waals surface area contributed by atoms with E-state index in [9.17, 15) is 9.59 Å². The van der Waals surface area contributed by atoms with Gasteiger partial charge in [0.25, 0.3) is 0 Å². The first-order valence-electron chi connectivity index (χ1n) is 11.7. The number of anilines is 1. The summed E-state index contributed by atoms with van der Waals surface area (Å²) in [7, 11) is 1.62. The van der Waals surface area contributed by atoms with Crippen LogP contribution in [0.1, 0.15) is 57.6 Å². The van der Waals surface area contributed by atoms with E-state index in [-0.39, 0.29) is 18.6 Å². The average Bonchev–Trinajstić information content (AvgIpc) is 3.31. The van der Waals surface area contributed by atoms with Gasteiger partial charge in [-0.15, -0.1) is 0 Å². The van der Waals surface area contributed by atoms with Gasteiger partial charge in [0.2, 0.25) is 5.91 Å². The lowest BCUT2D eigenvalue weighted by atomic mass is 10.00. The van der Waals surface area contributed by atoms with Crippen LogP contribution in [-0.2, 0) is 21.7 Å². The minimum atomic E-state index is -0.942. The van der Waals surface area contributed by atoms with Gasteiger partial charge >= 0.3 is 6.09 Å². The maximum atomic E-state index is 12.4. The van der Waals surface area contributed by atoms with Crippen molar-refractivity contribution in [1.82, 2.24) is 10.6 Å². The average molecular weight is 470 g/mol. The molecule has 8 nitrogen and oxygen atoms in total. The number of rotatable bonds is 10. The van der Waals surface area contributed by atoms with Gasteiger partial charge in [-0.1, -0.05) is 18.2 Å². The van der Waals surface area contributed by atoms with E-state index in [1.165, 1.54) is 6.92 Å². The van der Waals surface area contributed by atoms with Crippen molar-refractivity contribution in [2.24, 2.45) is 0 Å². The molecule has 0 heterocycles. The molecule has 1 saturated carbocycles. The minimum Gasteiger partial charge on any atom is -0.493 e. The van der Waals surface area contributed by atoms with Crippen molar-refractivity contribution >= 4 is 17.7 Å². The van der Waals surface area contributed by atoms with Gasteiger partial charge in [-0.05, 0) is 74.9 Å². The zero-order valence-electron chi connectivity index (χ0n) is 20.4. The van der Waals surface area contributed by atoms with E-state index in [2.05, 4.69) is 16.0 Å². The molecule has 3 rings (SSSR count). The predicted molar refractivity (Wildman–Crippen MR) is 131 cm³/mol. The molecule has 0 saturated heterocycles. The SMILES string of the molecule is CCOC(=O)NC(C)(NCc1ccc(NC(C)=O)cc1)c1ccc(OC)c(OC2CCCC2)c1. The quantitative estimate of drug-likeness (QED) is 0.437. The molecule has 1 fully saturated rings. The fourth-order valence-corrected chi connectivity index (χ4v) is 4.04. The van der Waals surface area contributed by atoms with Crippen LogP contribution in [0.4, 0.5) is 10.5 Å². The van der Waals surface area contributed by atoms with Gasteiger partial charge in [-0.25, -0.2) is 4.79 Å². The van der Waals surface area contributed by atoms with Gasteiger partial charge in [-0.3, -0.25) is 15.4 Å². The van der Waals surface area contributed by atoms with Crippen molar-refractivity contribution in [2.75, 3.05) is 19.0 Å². The summed E-state index contributed by atoms with van der Waals surface area (Å²) >= 11 is 0. The van der Waals surface area contributed by atoms with E-state index < -0.39 is 11.8 Å². The first-order valence-corrected chi connectivity index (χ1v) is 11.7. The molecule has 8 heteroatoms. The molecular formula is C26H35N3O5. The molecule has 34 heavy (non-hydrogen) atoms. The lowest BCUT2D eigenvalue weighted by Crippen LogP contribution is -2.53. The smallest absolute Gasteiger partial charge is 0.408 e. The zero-order chi connectivity index (χ0) is 24.6. The normalized spacial score (nSPS) is 15.3. The van der Waals surface area contributed by atoms with Crippen LogP contribution in [-0.4, -0.2) is 31.8 Å². The Morgan fingerprint density at radius 1 is 1.06 bits per heavy atom. The van der Waals surface area contributed by atoms with Crippen molar-refractivity contribution in [3.63, 3.8) is 0 Å². The second kappa shape index (κ2) is 11.7. The van der Waals surface area contributed by atoms with Crippen molar-refractivity contribution in [3.8, 4) is 11.5 Å². The van der Waals surface area contributed by atoms with E-state index in [0.29, 0.717) is 18.0 Å². The topological polar surface area (TPSA) is 97.9 Å². The van der Waals surface area contributed by atoms with Crippen LogP contribution in [0.3, 0.4) is 0 Å². The van der Waals surface area contributed by atoms with E-state index in [4.69, 9.17) is 14.2 Å². The number of carbonyl (C=O) groups excluding carboxylic acids is 2. The van der Waals surface area contributed by atoms with Gasteiger partial charge in [0.05, 0.1) is 19.8 Å². The van der Waals surface area contributed by atoms with Crippen molar-refractivity contribution in [2.45, 2.75) is 64.8 Å². The number of alkyl carbamates (subject to hydrolysis) is 1. The molecule has 1 unspecified atom stereocenters. The molecule has 0 spiro atoms. The van der Waals surface area contributed by atoms with Gasteiger partial charge < -0.3 is 19.5 Å². The Balaban J connectivity index is 1.83. The van der Waals surface area contributed by atoms with Gasteiger partial charge in [0.1, 0.15) is 5.66 Å². The van der Waals surface area contributed by atoms with Crippen molar-refractivity contribution in [3.05, 3.63) is 53.6 Å². The lowest BCUT2D eigenvalue weighted by molar-refractivity contribution is -0.114. The highest BCUT2D eigenvalue weighted by Crippen LogP contribution is 2.35. The summed E-state index contributed by atoms with van der Waals surface area (Å²) < 4.78 is 16.9. The molecule has 1 aliphatic carbocycles. The first kappa shape index (κ1) is 25.4. The number of carbonyl (C=O) groups is 2. The Hall–Kier alpha value is -3.26. The second-order valence-corrected chi connectivity index (χ2v) is 8.59. The number of benzene rings is 2. The summed E-state index contributed by atoms with van der Waals surface area (Å²) in [5, 5.41) is 9.15. The predicted octanol–water partition coefficient (Wildman–Crippen LogP) is 4.68. The maximum absolute atomic E-state index is 12.4. The summed E-state index contributed by atoms with van der Waals surface area (Å²) in [5.74, 6) is 1.19. The molecule has 3 N–H and O–H groups in total. The second-order valence-electron chi connectivity index (χ2n) is 8.59. The van der Waals surface area contributed by atoms with Crippen LogP contribution < -0.4 is 25.4 Å². The summed E-state index contributed by atoms with van der Waals surface area (Å²) in [6.45, 7) is 5.86. The van der Waals surface area contributed by atoms with E-state index in [0.717, 1.165) is 42.5 Å². The zero-order valence-corrected chi connectivity index (χ0v) is 20.4. The molecule has 184 valence electrons. The summed E-state index contributed by atoms with van der Waals surface area (Å²) in [6.07, 6.45) is 4.03. The van der Waals surface area contributed by atoms with Crippen LogP contribution in [0.25, 0.3) is 0 Å². The number of hydrogen-bond donors (Lipinski definition) is 3. The number of nitrogens with one attached hydrogen (secondary N) is 3. The van der Waals surface area contributed by atoms with Crippen LogP contribution >= 0.6 is 0 Å². The molecule has 2 aromatic carbocycles. The summed E-state index contributed by atoms with van der Waals surface area (Å²) in [4.78, 5) is 23.7. The Bertz CT molecular complexity index is 973. The highest BCUT2D eigenvalue weighted by Gasteiger charge is 2.30. The molecule has 2 amide bonds. The largest absolute Gasteiger partial charge is 0.493 e. The highest BCUT2D eigenvalue weighted by molar-refractivity contribution is 5.88. The Kier molecular flexibility index (Phi) is 8.76. The molecule has 0 radical (unpaired) electrons. The molecule has 2 aromatic rings. The van der Waals surface area contributed by atoms with Crippen LogP contribution in [0.5, 0.6) is 11.5 Å². The van der Waals surface area contributed by atoms with E-state index in [1.807, 2.05) is 49.4 Å². The van der Waals surface area contributed by atoms with Crippen molar-refractivity contribution in [1.29, 1.82) is 0 Å². The number of hydrogen-bond acceptors (Lipinski definition) is 6. The Morgan fingerprint density at radius 3 is 2.38 bits per heavy atom. The fraction of sp³-hybridized carbons (Fsp3) is 0.462. The molecule has 0 aromatic heterocycles. The molecule has 0 bridgehead atoms. The third kappa shape index (κ3) is 6.87. The fourth-order valence-electron chi connectivity index (χ4n) is 4.04. The van der Waals surface area contributed by atoms with E-state index in [1.54, 1.807) is 14.0 Å². The monoisotopic (exact) mass is 469 g/mol. The van der Waals surface area contributed by atoms with Crippen LogP contribution in [0, 0.1) is 0 Å².